The molecule has 2 aromatic rings. The second kappa shape index (κ2) is 6.59. The van der Waals surface area contributed by atoms with Gasteiger partial charge in [0.1, 0.15) is 4.88 Å². The average molecular weight is 342 g/mol. The SMILES string of the molecule is Cc1nc(-c2ncccn2)sc1C(=O)N1CCC[C@@H]2CCCC[C@@H]21. The molecule has 5 nitrogen and oxygen atoms in total. The molecule has 6 heteroatoms. The van der Waals surface area contributed by atoms with Gasteiger partial charge in [-0.15, -0.1) is 11.3 Å². The molecule has 2 aliphatic rings. The number of nitrogens with zero attached hydrogens (tertiary/aromatic N) is 4. The number of hydrogen-bond donors (Lipinski definition) is 0. The van der Waals surface area contributed by atoms with Gasteiger partial charge in [-0.1, -0.05) is 12.8 Å². The lowest BCUT2D eigenvalue weighted by Gasteiger charge is -2.44. The number of amides is 1. The maximum atomic E-state index is 13.2. The number of carbonyl (C=O) groups is 1. The van der Waals surface area contributed by atoms with E-state index in [1.807, 2.05) is 6.92 Å². The van der Waals surface area contributed by atoms with Crippen LogP contribution in [0.4, 0.5) is 0 Å². The molecule has 1 amide bonds. The topological polar surface area (TPSA) is 59.0 Å². The van der Waals surface area contributed by atoms with Crippen molar-refractivity contribution in [1.29, 1.82) is 0 Å². The minimum atomic E-state index is 0.156. The van der Waals surface area contributed by atoms with Crippen molar-refractivity contribution < 1.29 is 4.79 Å². The molecular formula is C18H22N4OS. The van der Waals surface area contributed by atoms with Gasteiger partial charge in [0.05, 0.1) is 5.69 Å². The lowest BCUT2D eigenvalue weighted by atomic mass is 9.78. The third kappa shape index (κ3) is 2.83. The van der Waals surface area contributed by atoms with Gasteiger partial charge in [0.25, 0.3) is 5.91 Å². The van der Waals surface area contributed by atoms with E-state index >= 15 is 0 Å². The number of piperidine rings is 1. The molecule has 1 aliphatic carbocycles. The third-order valence-electron chi connectivity index (χ3n) is 5.25. The van der Waals surface area contributed by atoms with E-state index in [1.165, 1.54) is 37.0 Å². The summed E-state index contributed by atoms with van der Waals surface area (Å²) in [5.41, 5.74) is 0.797. The van der Waals surface area contributed by atoms with Crippen molar-refractivity contribution in [3.8, 4) is 10.8 Å². The molecule has 24 heavy (non-hydrogen) atoms. The average Bonchev–Trinajstić information content (AvgIpc) is 3.03. The Kier molecular flexibility index (Phi) is 4.31. The summed E-state index contributed by atoms with van der Waals surface area (Å²) < 4.78 is 0. The third-order valence-corrected chi connectivity index (χ3v) is 6.39. The molecule has 1 saturated heterocycles. The molecule has 1 aliphatic heterocycles. The largest absolute Gasteiger partial charge is 0.335 e. The Hall–Kier alpha value is -1.82. The molecule has 2 atom stereocenters. The van der Waals surface area contributed by atoms with Crippen molar-refractivity contribution in [3.05, 3.63) is 29.0 Å². The Morgan fingerprint density at radius 2 is 1.92 bits per heavy atom. The summed E-state index contributed by atoms with van der Waals surface area (Å²) in [5.74, 6) is 1.45. The van der Waals surface area contributed by atoms with Gasteiger partial charge >= 0.3 is 0 Å². The first-order chi connectivity index (χ1) is 11.7. The molecule has 1 saturated carbocycles. The van der Waals surface area contributed by atoms with E-state index in [4.69, 9.17) is 0 Å². The summed E-state index contributed by atoms with van der Waals surface area (Å²) >= 11 is 1.43. The Labute approximate surface area is 146 Å². The van der Waals surface area contributed by atoms with Gasteiger partial charge in [-0.3, -0.25) is 4.79 Å². The van der Waals surface area contributed by atoms with E-state index in [9.17, 15) is 4.79 Å². The van der Waals surface area contributed by atoms with Crippen molar-refractivity contribution >= 4 is 17.2 Å². The smallest absolute Gasteiger partial charge is 0.266 e. The van der Waals surface area contributed by atoms with Crippen LogP contribution in [-0.2, 0) is 0 Å². The lowest BCUT2D eigenvalue weighted by Crippen LogP contribution is -2.49. The first kappa shape index (κ1) is 15.7. The van der Waals surface area contributed by atoms with E-state index in [0.29, 0.717) is 17.8 Å². The fourth-order valence-corrected chi connectivity index (χ4v) is 5.08. The number of fused-ring (bicyclic) bond motifs is 1. The van der Waals surface area contributed by atoms with Gasteiger partial charge in [0.2, 0.25) is 0 Å². The number of aromatic nitrogens is 3. The number of likely N-dealkylation sites (tertiary alicyclic amines) is 1. The van der Waals surface area contributed by atoms with Crippen LogP contribution in [0.5, 0.6) is 0 Å². The van der Waals surface area contributed by atoms with Crippen LogP contribution >= 0.6 is 11.3 Å². The van der Waals surface area contributed by atoms with Crippen molar-refractivity contribution in [1.82, 2.24) is 19.9 Å². The zero-order chi connectivity index (χ0) is 16.5. The lowest BCUT2D eigenvalue weighted by molar-refractivity contribution is 0.0394. The Bertz CT molecular complexity index is 728. The van der Waals surface area contributed by atoms with Crippen molar-refractivity contribution in [3.63, 3.8) is 0 Å². The van der Waals surface area contributed by atoms with Gasteiger partial charge in [-0.05, 0) is 44.6 Å². The predicted octanol–water partition coefficient (Wildman–Crippen LogP) is 3.70. The number of hydrogen-bond acceptors (Lipinski definition) is 5. The standard InChI is InChI=1S/C18H22N4OS/c1-12-15(24-17(21-12)16-19-9-5-10-20-16)18(23)22-11-4-7-13-6-2-3-8-14(13)22/h5,9-10,13-14H,2-4,6-8,11H2,1H3/t13-,14-/m0/s1. The first-order valence-corrected chi connectivity index (χ1v) is 9.61. The van der Waals surface area contributed by atoms with Crippen molar-refractivity contribution in [2.45, 2.75) is 51.5 Å². The molecule has 0 N–H and O–H groups in total. The summed E-state index contributed by atoms with van der Waals surface area (Å²) in [6.45, 7) is 2.80. The van der Waals surface area contributed by atoms with Crippen LogP contribution in [0.2, 0.25) is 0 Å². The quantitative estimate of drug-likeness (QED) is 0.835. The van der Waals surface area contributed by atoms with E-state index in [2.05, 4.69) is 19.9 Å². The van der Waals surface area contributed by atoms with Crippen LogP contribution in [0, 0.1) is 12.8 Å². The van der Waals surface area contributed by atoms with E-state index in [0.717, 1.165) is 35.0 Å². The second-order valence-electron chi connectivity index (χ2n) is 6.76. The monoisotopic (exact) mass is 342 g/mol. The highest BCUT2D eigenvalue weighted by Gasteiger charge is 2.37. The zero-order valence-electron chi connectivity index (χ0n) is 13.9. The molecule has 0 radical (unpaired) electrons. The number of carbonyl (C=O) groups excluding carboxylic acids is 1. The molecule has 2 aromatic heterocycles. The fraction of sp³-hybridized carbons (Fsp3) is 0.556. The van der Waals surface area contributed by atoms with E-state index < -0.39 is 0 Å². The highest BCUT2D eigenvalue weighted by molar-refractivity contribution is 7.17. The van der Waals surface area contributed by atoms with Gasteiger partial charge in [0.15, 0.2) is 10.8 Å². The summed E-state index contributed by atoms with van der Waals surface area (Å²) in [5, 5.41) is 0.730. The number of rotatable bonds is 2. The molecular weight excluding hydrogens is 320 g/mol. The summed E-state index contributed by atoms with van der Waals surface area (Å²) in [4.78, 5) is 29.1. The molecule has 0 aromatic carbocycles. The molecule has 126 valence electrons. The molecule has 2 fully saturated rings. The van der Waals surface area contributed by atoms with Crippen LogP contribution in [0.3, 0.4) is 0 Å². The first-order valence-electron chi connectivity index (χ1n) is 8.80. The van der Waals surface area contributed by atoms with Crippen LogP contribution in [-0.4, -0.2) is 38.3 Å². The van der Waals surface area contributed by atoms with Gasteiger partial charge in [-0.2, -0.15) is 0 Å². The summed E-state index contributed by atoms with van der Waals surface area (Å²) in [6, 6.07) is 2.21. The Morgan fingerprint density at radius 1 is 1.17 bits per heavy atom. The maximum Gasteiger partial charge on any atom is 0.266 e. The van der Waals surface area contributed by atoms with Crippen molar-refractivity contribution in [2.75, 3.05) is 6.54 Å². The van der Waals surface area contributed by atoms with E-state index in [-0.39, 0.29) is 5.91 Å². The zero-order valence-corrected chi connectivity index (χ0v) is 14.8. The highest BCUT2D eigenvalue weighted by Crippen LogP contribution is 2.37. The second-order valence-corrected chi connectivity index (χ2v) is 7.76. The van der Waals surface area contributed by atoms with E-state index in [1.54, 1.807) is 18.5 Å². The Balaban J connectivity index is 1.61. The van der Waals surface area contributed by atoms with Crippen LogP contribution in [0.1, 0.15) is 53.9 Å². The molecule has 0 spiro atoms. The van der Waals surface area contributed by atoms with Crippen LogP contribution in [0.25, 0.3) is 10.8 Å². The normalized spacial score (nSPS) is 23.8. The van der Waals surface area contributed by atoms with Crippen molar-refractivity contribution in [2.24, 2.45) is 5.92 Å². The minimum Gasteiger partial charge on any atom is -0.335 e. The fourth-order valence-electron chi connectivity index (χ4n) is 4.11. The highest BCUT2D eigenvalue weighted by atomic mass is 32.1. The molecule has 0 unspecified atom stereocenters. The van der Waals surface area contributed by atoms with Gasteiger partial charge in [0, 0.05) is 25.0 Å². The van der Waals surface area contributed by atoms with Crippen LogP contribution in [0.15, 0.2) is 18.5 Å². The van der Waals surface area contributed by atoms with Gasteiger partial charge in [-0.25, -0.2) is 15.0 Å². The predicted molar refractivity (Wildman–Crippen MR) is 93.9 cm³/mol. The summed E-state index contributed by atoms with van der Waals surface area (Å²) in [6.07, 6.45) is 10.8. The Morgan fingerprint density at radius 3 is 2.75 bits per heavy atom. The molecule has 0 bridgehead atoms. The minimum absolute atomic E-state index is 0.156. The van der Waals surface area contributed by atoms with Gasteiger partial charge < -0.3 is 4.90 Å². The molecule has 4 rings (SSSR count). The summed E-state index contributed by atoms with van der Waals surface area (Å²) in [7, 11) is 0. The maximum absolute atomic E-state index is 13.2. The number of aryl methyl sites for hydroxylation is 1. The van der Waals surface area contributed by atoms with Crippen LogP contribution < -0.4 is 0 Å². The molecule has 3 heterocycles. The number of thiazole rings is 1.